The van der Waals surface area contributed by atoms with Gasteiger partial charge in [0.05, 0.1) is 0 Å². The number of carbonyl (C=O) groups excluding carboxylic acids is 1. The molecule has 1 saturated heterocycles. The van der Waals surface area contributed by atoms with E-state index in [1.165, 1.54) is 4.88 Å². The summed E-state index contributed by atoms with van der Waals surface area (Å²) < 4.78 is 1.08. The van der Waals surface area contributed by atoms with Crippen molar-refractivity contribution < 1.29 is 4.79 Å². The lowest BCUT2D eigenvalue weighted by Crippen LogP contribution is -2.46. The zero-order valence-electron chi connectivity index (χ0n) is 7.76. The highest BCUT2D eigenvalue weighted by molar-refractivity contribution is 9.10. The minimum atomic E-state index is -0.168. The number of thiophene rings is 1. The number of halogens is 1. The van der Waals surface area contributed by atoms with Gasteiger partial charge >= 0.3 is 0 Å². The fourth-order valence-electron chi connectivity index (χ4n) is 1.45. The molecule has 2 N–H and O–H groups in total. The Morgan fingerprint density at radius 1 is 1.57 bits per heavy atom. The summed E-state index contributed by atoms with van der Waals surface area (Å²) in [6.45, 7) is 3.60. The van der Waals surface area contributed by atoms with Gasteiger partial charge in [0.1, 0.15) is 6.04 Å². The molecule has 0 aliphatic carbocycles. The van der Waals surface area contributed by atoms with Crippen molar-refractivity contribution in [3.05, 3.63) is 20.3 Å². The van der Waals surface area contributed by atoms with Crippen LogP contribution in [0.1, 0.15) is 15.8 Å². The lowest BCUT2D eigenvalue weighted by atomic mass is 10.2. The van der Waals surface area contributed by atoms with Gasteiger partial charge in [0.2, 0.25) is 5.91 Å². The smallest absolute Gasteiger partial charge is 0.242 e. The van der Waals surface area contributed by atoms with Gasteiger partial charge in [-0.05, 0) is 28.9 Å². The zero-order chi connectivity index (χ0) is 10.1. The summed E-state index contributed by atoms with van der Waals surface area (Å²) in [5, 5.41) is 6.05. The van der Waals surface area contributed by atoms with E-state index >= 15 is 0 Å². The molecule has 0 saturated carbocycles. The summed E-state index contributed by atoms with van der Waals surface area (Å²) in [6.07, 6.45) is 0. The van der Waals surface area contributed by atoms with Crippen LogP contribution < -0.4 is 10.6 Å². The normalized spacial score (nSPS) is 22.1. The van der Waals surface area contributed by atoms with Crippen molar-refractivity contribution >= 4 is 33.2 Å². The monoisotopic (exact) mass is 274 g/mol. The quantitative estimate of drug-likeness (QED) is 0.817. The van der Waals surface area contributed by atoms with Gasteiger partial charge in [-0.25, -0.2) is 0 Å². The maximum Gasteiger partial charge on any atom is 0.242 e. The summed E-state index contributed by atoms with van der Waals surface area (Å²) in [6, 6.07) is 1.85. The molecular formula is C9H11BrN2OS. The van der Waals surface area contributed by atoms with Gasteiger partial charge in [0, 0.05) is 27.3 Å². The third-order valence-electron chi connectivity index (χ3n) is 2.20. The summed E-state index contributed by atoms with van der Waals surface area (Å²) in [5.74, 6) is 0.0741. The fourth-order valence-corrected chi connectivity index (χ4v) is 3.09. The van der Waals surface area contributed by atoms with Crippen LogP contribution in [-0.4, -0.2) is 19.0 Å². The lowest BCUT2D eigenvalue weighted by molar-refractivity contribution is -0.124. The third kappa shape index (κ3) is 1.85. The number of hydrogen-bond donors (Lipinski definition) is 2. The van der Waals surface area contributed by atoms with E-state index in [0.29, 0.717) is 0 Å². The topological polar surface area (TPSA) is 41.1 Å². The summed E-state index contributed by atoms with van der Waals surface area (Å²) >= 11 is 5.11. The number of nitrogens with one attached hydrogen (secondary N) is 2. The number of hydrogen-bond acceptors (Lipinski definition) is 3. The van der Waals surface area contributed by atoms with Gasteiger partial charge in [-0.3, -0.25) is 10.1 Å². The second-order valence-corrected chi connectivity index (χ2v) is 5.37. The van der Waals surface area contributed by atoms with E-state index in [2.05, 4.69) is 26.6 Å². The van der Waals surface area contributed by atoms with Crippen molar-refractivity contribution in [1.29, 1.82) is 0 Å². The number of piperazine rings is 1. The molecule has 0 bridgehead atoms. The molecule has 0 spiro atoms. The lowest BCUT2D eigenvalue weighted by Gasteiger charge is -2.22. The first-order chi connectivity index (χ1) is 6.68. The number of amides is 1. The van der Waals surface area contributed by atoms with Crippen molar-refractivity contribution in [3.8, 4) is 0 Å². The largest absolute Gasteiger partial charge is 0.353 e. The number of rotatable bonds is 1. The molecule has 2 rings (SSSR count). The number of carbonyl (C=O) groups is 1. The zero-order valence-corrected chi connectivity index (χ0v) is 10.2. The van der Waals surface area contributed by atoms with E-state index in [1.807, 2.05) is 13.0 Å². The van der Waals surface area contributed by atoms with Crippen molar-refractivity contribution in [1.82, 2.24) is 10.6 Å². The van der Waals surface area contributed by atoms with Crippen LogP contribution in [0.3, 0.4) is 0 Å². The van der Waals surface area contributed by atoms with Gasteiger partial charge in [-0.1, -0.05) is 0 Å². The molecule has 1 aromatic heterocycles. The standard InChI is InChI=1S/C9H11BrN2OS/c1-5-6(10)4-7(14-5)8-9(13)12-3-2-11-8/h4,8,11H,2-3H2,1H3,(H,12,13). The molecule has 3 nitrogen and oxygen atoms in total. The maximum absolute atomic E-state index is 11.5. The van der Waals surface area contributed by atoms with Crippen LogP contribution in [0.25, 0.3) is 0 Å². The van der Waals surface area contributed by atoms with E-state index in [1.54, 1.807) is 11.3 Å². The van der Waals surface area contributed by atoms with Crippen LogP contribution in [-0.2, 0) is 4.79 Å². The summed E-state index contributed by atoms with van der Waals surface area (Å²) in [4.78, 5) is 13.8. The minimum absolute atomic E-state index is 0.0741. The summed E-state index contributed by atoms with van der Waals surface area (Å²) in [5.41, 5.74) is 0. The predicted molar refractivity (Wildman–Crippen MR) is 60.5 cm³/mol. The SMILES string of the molecule is Cc1sc(C2NCCNC2=O)cc1Br. The molecule has 0 aromatic carbocycles. The molecule has 1 unspecified atom stereocenters. The fraction of sp³-hybridized carbons (Fsp3) is 0.444. The highest BCUT2D eigenvalue weighted by atomic mass is 79.9. The van der Waals surface area contributed by atoms with Gasteiger partial charge in [-0.15, -0.1) is 11.3 Å². The van der Waals surface area contributed by atoms with Crippen molar-refractivity contribution in [3.63, 3.8) is 0 Å². The Balaban J connectivity index is 2.24. The Morgan fingerprint density at radius 3 is 2.93 bits per heavy atom. The maximum atomic E-state index is 11.5. The van der Waals surface area contributed by atoms with E-state index in [9.17, 15) is 4.79 Å². The van der Waals surface area contributed by atoms with Gasteiger partial charge in [0.25, 0.3) is 0 Å². The molecule has 5 heteroatoms. The van der Waals surface area contributed by atoms with Crippen LogP contribution >= 0.6 is 27.3 Å². The molecule has 1 amide bonds. The van der Waals surface area contributed by atoms with Crippen LogP contribution in [0.15, 0.2) is 10.5 Å². The Labute approximate surface area is 95.0 Å². The Morgan fingerprint density at radius 2 is 2.36 bits per heavy atom. The number of aryl methyl sites for hydroxylation is 1. The van der Waals surface area contributed by atoms with E-state index < -0.39 is 0 Å². The second kappa shape index (κ2) is 4.00. The highest BCUT2D eigenvalue weighted by Gasteiger charge is 2.24. The molecule has 1 atom stereocenters. The Kier molecular flexibility index (Phi) is 2.90. The summed E-state index contributed by atoms with van der Waals surface area (Å²) in [7, 11) is 0. The van der Waals surface area contributed by atoms with Crippen molar-refractivity contribution in [2.75, 3.05) is 13.1 Å². The predicted octanol–water partition coefficient (Wildman–Crippen LogP) is 1.58. The Bertz CT molecular complexity index is 344. The van der Waals surface area contributed by atoms with Gasteiger partial charge < -0.3 is 5.32 Å². The molecule has 2 heterocycles. The van der Waals surface area contributed by atoms with E-state index in [0.717, 1.165) is 22.4 Å². The first-order valence-electron chi connectivity index (χ1n) is 4.45. The molecule has 1 aliphatic rings. The van der Waals surface area contributed by atoms with Crippen LogP contribution in [0.5, 0.6) is 0 Å². The van der Waals surface area contributed by atoms with Crippen molar-refractivity contribution in [2.24, 2.45) is 0 Å². The van der Waals surface area contributed by atoms with Crippen LogP contribution in [0, 0.1) is 6.92 Å². The first kappa shape index (κ1) is 10.1. The third-order valence-corrected chi connectivity index (χ3v) is 4.40. The molecule has 1 aliphatic heterocycles. The molecule has 1 aromatic rings. The molecule has 1 fully saturated rings. The molecule has 14 heavy (non-hydrogen) atoms. The van der Waals surface area contributed by atoms with Crippen LogP contribution in [0.4, 0.5) is 0 Å². The molecular weight excluding hydrogens is 264 g/mol. The highest BCUT2D eigenvalue weighted by Crippen LogP contribution is 2.31. The van der Waals surface area contributed by atoms with Gasteiger partial charge in [-0.2, -0.15) is 0 Å². The first-order valence-corrected chi connectivity index (χ1v) is 6.06. The van der Waals surface area contributed by atoms with E-state index in [4.69, 9.17) is 0 Å². The molecule has 0 radical (unpaired) electrons. The minimum Gasteiger partial charge on any atom is -0.353 e. The Hall–Kier alpha value is -0.390. The van der Waals surface area contributed by atoms with Gasteiger partial charge in [0.15, 0.2) is 0 Å². The van der Waals surface area contributed by atoms with Crippen LogP contribution in [0.2, 0.25) is 0 Å². The average molecular weight is 275 g/mol. The molecule has 76 valence electrons. The average Bonchev–Trinajstić information content (AvgIpc) is 2.48. The second-order valence-electron chi connectivity index (χ2n) is 3.23. The van der Waals surface area contributed by atoms with Crippen molar-refractivity contribution in [2.45, 2.75) is 13.0 Å². The van der Waals surface area contributed by atoms with E-state index in [-0.39, 0.29) is 11.9 Å².